The third kappa shape index (κ3) is 2.19. The summed E-state index contributed by atoms with van der Waals surface area (Å²) in [4.78, 5) is 11.9. The Hall–Kier alpha value is -1.09. The first-order valence-electron chi connectivity index (χ1n) is 6.17. The van der Waals surface area contributed by atoms with E-state index < -0.39 is 0 Å². The van der Waals surface area contributed by atoms with Crippen molar-refractivity contribution in [1.82, 2.24) is 9.88 Å². The molecule has 3 heteroatoms. The molecule has 0 aromatic carbocycles. The van der Waals surface area contributed by atoms with Crippen molar-refractivity contribution in [3.8, 4) is 0 Å². The number of pyridine rings is 1. The Labute approximate surface area is 96.5 Å². The Kier molecular flexibility index (Phi) is 3.44. The summed E-state index contributed by atoms with van der Waals surface area (Å²) in [6.45, 7) is 5.96. The Bertz CT molecular complexity index is 422. The van der Waals surface area contributed by atoms with Crippen LogP contribution in [0.3, 0.4) is 0 Å². The maximum atomic E-state index is 11.9. The standard InChI is InChI=1S/C13H20N2O/c1-3-14-10(2)9-15-12-6-4-5-11(12)7-8-13(15)16/h7-8,10,14H,3-6,9H2,1-2H3. The third-order valence-electron chi connectivity index (χ3n) is 3.26. The van der Waals surface area contributed by atoms with Crippen LogP contribution in [0, 0.1) is 0 Å². The molecule has 0 radical (unpaired) electrons. The molecular weight excluding hydrogens is 200 g/mol. The lowest BCUT2D eigenvalue weighted by atomic mass is 10.2. The van der Waals surface area contributed by atoms with Crippen molar-refractivity contribution >= 4 is 0 Å². The van der Waals surface area contributed by atoms with Gasteiger partial charge in [0.05, 0.1) is 0 Å². The summed E-state index contributed by atoms with van der Waals surface area (Å²) in [6, 6.07) is 4.07. The molecule has 1 atom stereocenters. The molecule has 0 spiro atoms. The fourth-order valence-corrected chi connectivity index (χ4v) is 2.52. The highest BCUT2D eigenvalue weighted by Gasteiger charge is 2.16. The van der Waals surface area contributed by atoms with Crippen LogP contribution < -0.4 is 10.9 Å². The van der Waals surface area contributed by atoms with Crippen LogP contribution in [0.15, 0.2) is 16.9 Å². The molecule has 0 aliphatic heterocycles. The van der Waals surface area contributed by atoms with Crippen molar-refractivity contribution in [1.29, 1.82) is 0 Å². The van der Waals surface area contributed by atoms with Crippen molar-refractivity contribution < 1.29 is 0 Å². The van der Waals surface area contributed by atoms with Crippen LogP contribution in [0.2, 0.25) is 0 Å². The van der Waals surface area contributed by atoms with Gasteiger partial charge < -0.3 is 9.88 Å². The maximum absolute atomic E-state index is 11.9. The second-order valence-electron chi connectivity index (χ2n) is 4.57. The first-order chi connectivity index (χ1) is 7.72. The van der Waals surface area contributed by atoms with E-state index in [0.717, 1.165) is 25.9 Å². The van der Waals surface area contributed by atoms with Gasteiger partial charge in [0.25, 0.3) is 5.56 Å². The van der Waals surface area contributed by atoms with Gasteiger partial charge in [-0.25, -0.2) is 0 Å². The van der Waals surface area contributed by atoms with Gasteiger partial charge >= 0.3 is 0 Å². The second kappa shape index (κ2) is 4.83. The zero-order chi connectivity index (χ0) is 11.5. The van der Waals surface area contributed by atoms with E-state index in [2.05, 4.69) is 19.2 Å². The molecule has 0 amide bonds. The van der Waals surface area contributed by atoms with Crippen LogP contribution in [0.4, 0.5) is 0 Å². The van der Waals surface area contributed by atoms with Crippen molar-refractivity contribution in [3.05, 3.63) is 33.7 Å². The van der Waals surface area contributed by atoms with Crippen LogP contribution in [-0.4, -0.2) is 17.2 Å². The molecule has 88 valence electrons. The predicted octanol–water partition coefficient (Wildman–Crippen LogP) is 1.33. The van der Waals surface area contributed by atoms with Gasteiger partial charge in [0.1, 0.15) is 0 Å². The fourth-order valence-electron chi connectivity index (χ4n) is 2.52. The van der Waals surface area contributed by atoms with Crippen LogP contribution in [-0.2, 0) is 19.4 Å². The van der Waals surface area contributed by atoms with Crippen molar-refractivity contribution in [3.63, 3.8) is 0 Å². The summed E-state index contributed by atoms with van der Waals surface area (Å²) < 4.78 is 1.95. The van der Waals surface area contributed by atoms with E-state index in [0.29, 0.717) is 6.04 Å². The van der Waals surface area contributed by atoms with E-state index >= 15 is 0 Å². The highest BCUT2D eigenvalue weighted by Crippen LogP contribution is 2.19. The van der Waals surface area contributed by atoms with Gasteiger partial charge in [0.15, 0.2) is 0 Å². The summed E-state index contributed by atoms with van der Waals surface area (Å²) in [7, 11) is 0. The third-order valence-corrected chi connectivity index (χ3v) is 3.26. The van der Waals surface area contributed by atoms with Gasteiger partial charge in [0, 0.05) is 24.3 Å². The molecule has 1 N–H and O–H groups in total. The molecular formula is C13H20N2O. The van der Waals surface area contributed by atoms with Crippen LogP contribution in [0.5, 0.6) is 0 Å². The summed E-state index contributed by atoms with van der Waals surface area (Å²) in [5.41, 5.74) is 2.77. The predicted molar refractivity (Wildman–Crippen MR) is 65.9 cm³/mol. The molecule has 0 saturated heterocycles. The number of likely N-dealkylation sites (N-methyl/N-ethyl adjacent to an activating group) is 1. The zero-order valence-electron chi connectivity index (χ0n) is 10.1. The van der Waals surface area contributed by atoms with Gasteiger partial charge in [-0.1, -0.05) is 13.0 Å². The van der Waals surface area contributed by atoms with Gasteiger partial charge in [-0.05, 0) is 38.3 Å². The molecule has 1 aliphatic carbocycles. The number of hydrogen-bond donors (Lipinski definition) is 1. The van der Waals surface area contributed by atoms with Crippen LogP contribution in [0.25, 0.3) is 0 Å². The highest BCUT2D eigenvalue weighted by atomic mass is 16.1. The summed E-state index contributed by atoms with van der Waals surface area (Å²) in [5.74, 6) is 0. The number of nitrogens with one attached hydrogen (secondary N) is 1. The minimum Gasteiger partial charge on any atom is -0.313 e. The van der Waals surface area contributed by atoms with Gasteiger partial charge in [-0.15, -0.1) is 0 Å². The average Bonchev–Trinajstić information content (AvgIpc) is 2.71. The lowest BCUT2D eigenvalue weighted by Crippen LogP contribution is -2.35. The quantitative estimate of drug-likeness (QED) is 0.830. The van der Waals surface area contributed by atoms with Gasteiger partial charge in [-0.3, -0.25) is 4.79 Å². The van der Waals surface area contributed by atoms with E-state index in [1.807, 2.05) is 10.6 Å². The van der Waals surface area contributed by atoms with E-state index in [4.69, 9.17) is 0 Å². The molecule has 0 bridgehead atoms. The van der Waals surface area contributed by atoms with E-state index in [9.17, 15) is 4.79 Å². The normalized spacial score (nSPS) is 16.1. The number of aryl methyl sites for hydroxylation is 1. The van der Waals surface area contributed by atoms with Gasteiger partial charge in [-0.2, -0.15) is 0 Å². The molecule has 1 unspecified atom stereocenters. The molecule has 3 nitrogen and oxygen atoms in total. The largest absolute Gasteiger partial charge is 0.313 e. The average molecular weight is 220 g/mol. The molecule has 0 saturated carbocycles. The van der Waals surface area contributed by atoms with Crippen LogP contribution in [0.1, 0.15) is 31.5 Å². The highest BCUT2D eigenvalue weighted by molar-refractivity contribution is 5.25. The van der Waals surface area contributed by atoms with E-state index in [1.54, 1.807) is 6.07 Å². The van der Waals surface area contributed by atoms with Crippen molar-refractivity contribution in [2.24, 2.45) is 0 Å². The van der Waals surface area contributed by atoms with E-state index in [1.165, 1.54) is 17.7 Å². The number of fused-ring (bicyclic) bond motifs is 1. The number of hydrogen-bond acceptors (Lipinski definition) is 2. The summed E-state index contributed by atoms with van der Waals surface area (Å²) in [6.07, 6.45) is 3.38. The molecule has 1 aliphatic rings. The molecule has 1 heterocycles. The van der Waals surface area contributed by atoms with Crippen molar-refractivity contribution in [2.45, 2.75) is 45.7 Å². The zero-order valence-corrected chi connectivity index (χ0v) is 10.1. The van der Waals surface area contributed by atoms with Crippen molar-refractivity contribution in [2.75, 3.05) is 6.54 Å². The Morgan fingerprint density at radius 3 is 3.00 bits per heavy atom. The SMILES string of the molecule is CCNC(C)Cn1c2c(ccc1=O)CCC2. The first kappa shape index (κ1) is 11.4. The molecule has 2 rings (SSSR count). The fraction of sp³-hybridized carbons (Fsp3) is 0.615. The Morgan fingerprint density at radius 1 is 1.44 bits per heavy atom. The van der Waals surface area contributed by atoms with Crippen LogP contribution >= 0.6 is 0 Å². The maximum Gasteiger partial charge on any atom is 0.250 e. The topological polar surface area (TPSA) is 34.0 Å². The van der Waals surface area contributed by atoms with E-state index in [-0.39, 0.29) is 5.56 Å². The number of aromatic nitrogens is 1. The number of nitrogens with zero attached hydrogens (tertiary/aromatic N) is 1. The Balaban J connectivity index is 2.26. The van der Waals surface area contributed by atoms with Gasteiger partial charge in [0.2, 0.25) is 0 Å². The minimum absolute atomic E-state index is 0.144. The molecule has 1 aromatic heterocycles. The molecule has 0 fully saturated rings. The molecule has 1 aromatic rings. The number of rotatable bonds is 4. The summed E-state index contributed by atoms with van der Waals surface area (Å²) >= 11 is 0. The lowest BCUT2D eigenvalue weighted by molar-refractivity contribution is 0.472. The summed E-state index contributed by atoms with van der Waals surface area (Å²) in [5, 5.41) is 3.35. The first-order valence-corrected chi connectivity index (χ1v) is 6.17. The second-order valence-corrected chi connectivity index (χ2v) is 4.57. The molecule has 16 heavy (non-hydrogen) atoms. The minimum atomic E-state index is 0.144. The monoisotopic (exact) mass is 220 g/mol. The Morgan fingerprint density at radius 2 is 2.25 bits per heavy atom. The smallest absolute Gasteiger partial charge is 0.250 e. The lowest BCUT2D eigenvalue weighted by Gasteiger charge is -2.17.